The van der Waals surface area contributed by atoms with Crippen LogP contribution >= 0.6 is 27.7 Å². The van der Waals surface area contributed by atoms with Gasteiger partial charge in [-0.05, 0) is 30.9 Å². The first-order valence-corrected chi connectivity index (χ1v) is 7.21. The first-order valence-electron chi connectivity index (χ1n) is 5.13. The maximum atomic E-state index is 8.84. The van der Waals surface area contributed by atoms with Crippen LogP contribution < -0.4 is 5.32 Å². The monoisotopic (exact) mass is 298 g/mol. The quantitative estimate of drug-likeness (QED) is 0.896. The van der Waals surface area contributed by atoms with Crippen LogP contribution in [0.1, 0.15) is 18.9 Å². The Morgan fingerprint density at radius 2 is 2.25 bits per heavy atom. The van der Waals surface area contributed by atoms with Crippen molar-refractivity contribution in [3.63, 3.8) is 0 Å². The predicted octanol–water partition coefficient (Wildman–Crippen LogP) is 3.87. The zero-order valence-corrected chi connectivity index (χ0v) is 11.9. The van der Waals surface area contributed by atoms with Gasteiger partial charge in [0.2, 0.25) is 0 Å². The summed E-state index contributed by atoms with van der Waals surface area (Å²) >= 11 is 5.26. The van der Waals surface area contributed by atoms with Gasteiger partial charge in [-0.15, -0.1) is 0 Å². The van der Waals surface area contributed by atoms with E-state index in [0.29, 0.717) is 10.8 Å². The molecule has 0 saturated carbocycles. The molecule has 1 rings (SSSR count). The van der Waals surface area contributed by atoms with Crippen LogP contribution in [0.15, 0.2) is 22.7 Å². The van der Waals surface area contributed by atoms with E-state index in [0.717, 1.165) is 23.1 Å². The number of benzene rings is 1. The molecular weight excluding hydrogens is 284 g/mol. The van der Waals surface area contributed by atoms with Gasteiger partial charge in [0.05, 0.1) is 11.6 Å². The third-order valence-corrected chi connectivity index (χ3v) is 3.81. The summed E-state index contributed by atoms with van der Waals surface area (Å²) in [5, 5.41) is 12.8. The molecule has 4 heteroatoms. The van der Waals surface area contributed by atoms with Gasteiger partial charge in [0.25, 0.3) is 0 Å². The molecule has 0 aliphatic heterocycles. The molecule has 0 aliphatic rings. The second-order valence-corrected chi connectivity index (χ2v) is 5.79. The second kappa shape index (κ2) is 6.82. The maximum absolute atomic E-state index is 8.84. The van der Waals surface area contributed by atoms with Crippen molar-refractivity contribution in [1.82, 2.24) is 0 Å². The number of hydrogen-bond acceptors (Lipinski definition) is 3. The fourth-order valence-corrected chi connectivity index (χ4v) is 2.14. The van der Waals surface area contributed by atoms with E-state index in [-0.39, 0.29) is 0 Å². The number of nitrogens with one attached hydrogen (secondary N) is 1. The lowest BCUT2D eigenvalue weighted by atomic mass is 10.2. The van der Waals surface area contributed by atoms with Crippen molar-refractivity contribution in [2.75, 3.05) is 18.1 Å². The smallest absolute Gasteiger partial charge is 0.0992 e. The van der Waals surface area contributed by atoms with E-state index in [4.69, 9.17) is 5.26 Å². The number of thioether (sulfide) groups is 1. The molecule has 0 saturated heterocycles. The Kier molecular flexibility index (Phi) is 5.72. The Hall–Kier alpha value is -0.660. The molecule has 0 spiro atoms. The van der Waals surface area contributed by atoms with Crippen molar-refractivity contribution in [2.24, 2.45) is 0 Å². The molecule has 0 amide bonds. The number of nitriles is 1. The van der Waals surface area contributed by atoms with Gasteiger partial charge >= 0.3 is 0 Å². The van der Waals surface area contributed by atoms with Gasteiger partial charge < -0.3 is 5.32 Å². The highest BCUT2D eigenvalue weighted by atomic mass is 79.9. The molecule has 1 aromatic carbocycles. The molecule has 0 fully saturated rings. The first kappa shape index (κ1) is 13.4. The highest BCUT2D eigenvalue weighted by molar-refractivity contribution is 9.10. The fourth-order valence-electron chi connectivity index (χ4n) is 1.29. The van der Waals surface area contributed by atoms with Crippen LogP contribution in [0.25, 0.3) is 0 Å². The van der Waals surface area contributed by atoms with Crippen molar-refractivity contribution in [3.8, 4) is 6.07 Å². The molecule has 1 unspecified atom stereocenters. The molecule has 0 bridgehead atoms. The van der Waals surface area contributed by atoms with Gasteiger partial charge in [0.15, 0.2) is 0 Å². The molecule has 1 atom stereocenters. The van der Waals surface area contributed by atoms with E-state index >= 15 is 0 Å². The number of hydrogen-bond donors (Lipinski definition) is 1. The Bertz CT molecular complexity index is 387. The fraction of sp³-hybridized carbons (Fsp3) is 0.417. The van der Waals surface area contributed by atoms with Crippen LogP contribution in [0.5, 0.6) is 0 Å². The van der Waals surface area contributed by atoms with Crippen LogP contribution in [0.2, 0.25) is 0 Å². The molecule has 0 aromatic heterocycles. The van der Waals surface area contributed by atoms with Crippen LogP contribution in [0.3, 0.4) is 0 Å². The SMILES string of the molecule is CSC(C)CCNc1cc(Br)cc(C#N)c1. The second-order valence-electron chi connectivity index (χ2n) is 3.60. The third-order valence-electron chi connectivity index (χ3n) is 2.31. The largest absolute Gasteiger partial charge is 0.385 e. The average molecular weight is 299 g/mol. The summed E-state index contributed by atoms with van der Waals surface area (Å²) in [6.45, 7) is 3.15. The molecule has 2 nitrogen and oxygen atoms in total. The number of halogens is 1. The molecule has 86 valence electrons. The molecule has 0 aliphatic carbocycles. The van der Waals surface area contributed by atoms with E-state index < -0.39 is 0 Å². The Labute approximate surface area is 110 Å². The van der Waals surface area contributed by atoms with E-state index in [1.807, 2.05) is 30.0 Å². The third kappa shape index (κ3) is 4.46. The maximum Gasteiger partial charge on any atom is 0.0992 e. The number of nitrogens with zero attached hydrogens (tertiary/aromatic N) is 1. The highest BCUT2D eigenvalue weighted by Crippen LogP contribution is 2.19. The minimum atomic E-state index is 0.662. The highest BCUT2D eigenvalue weighted by Gasteiger charge is 2.01. The van der Waals surface area contributed by atoms with Crippen LogP contribution in [0, 0.1) is 11.3 Å². The lowest BCUT2D eigenvalue weighted by molar-refractivity contribution is 0.854. The molecule has 1 aromatic rings. The normalized spacial score (nSPS) is 11.9. The molecular formula is C12H15BrN2S. The zero-order valence-electron chi connectivity index (χ0n) is 9.46. The van der Waals surface area contributed by atoms with Gasteiger partial charge in [-0.1, -0.05) is 22.9 Å². The summed E-state index contributed by atoms with van der Waals surface area (Å²) in [6, 6.07) is 7.82. The zero-order chi connectivity index (χ0) is 12.0. The number of anilines is 1. The predicted molar refractivity (Wildman–Crippen MR) is 74.9 cm³/mol. The standard InChI is InChI=1S/C12H15BrN2S/c1-9(16-2)3-4-15-12-6-10(8-14)5-11(13)7-12/h5-7,9,15H,3-4H2,1-2H3. The average Bonchev–Trinajstić information content (AvgIpc) is 2.28. The summed E-state index contributed by atoms with van der Waals surface area (Å²) in [5.74, 6) is 0. The van der Waals surface area contributed by atoms with Gasteiger partial charge in [-0.25, -0.2) is 0 Å². The van der Waals surface area contributed by atoms with E-state index in [1.165, 1.54) is 0 Å². The van der Waals surface area contributed by atoms with Crippen molar-refractivity contribution in [1.29, 1.82) is 5.26 Å². The number of rotatable bonds is 5. The van der Waals surface area contributed by atoms with Gasteiger partial charge in [-0.2, -0.15) is 17.0 Å². The van der Waals surface area contributed by atoms with Crippen molar-refractivity contribution >= 4 is 33.4 Å². The lowest BCUT2D eigenvalue weighted by Gasteiger charge is -2.10. The van der Waals surface area contributed by atoms with E-state index in [1.54, 1.807) is 0 Å². The molecule has 0 radical (unpaired) electrons. The molecule has 1 N–H and O–H groups in total. The van der Waals surface area contributed by atoms with Crippen molar-refractivity contribution < 1.29 is 0 Å². The van der Waals surface area contributed by atoms with Crippen LogP contribution in [-0.2, 0) is 0 Å². The summed E-state index contributed by atoms with van der Waals surface area (Å²) in [4.78, 5) is 0. The lowest BCUT2D eigenvalue weighted by Crippen LogP contribution is -2.07. The minimum Gasteiger partial charge on any atom is -0.385 e. The van der Waals surface area contributed by atoms with Crippen LogP contribution in [0.4, 0.5) is 5.69 Å². The molecule has 0 heterocycles. The van der Waals surface area contributed by atoms with Gasteiger partial charge in [0, 0.05) is 22.0 Å². The van der Waals surface area contributed by atoms with Crippen molar-refractivity contribution in [2.45, 2.75) is 18.6 Å². The Morgan fingerprint density at radius 3 is 2.88 bits per heavy atom. The van der Waals surface area contributed by atoms with Crippen molar-refractivity contribution in [3.05, 3.63) is 28.2 Å². The van der Waals surface area contributed by atoms with Crippen LogP contribution in [-0.4, -0.2) is 18.1 Å². The summed E-state index contributed by atoms with van der Waals surface area (Å²) in [6.07, 6.45) is 3.24. The first-order chi connectivity index (χ1) is 7.65. The summed E-state index contributed by atoms with van der Waals surface area (Å²) in [7, 11) is 0. The minimum absolute atomic E-state index is 0.662. The van der Waals surface area contributed by atoms with E-state index in [9.17, 15) is 0 Å². The summed E-state index contributed by atoms with van der Waals surface area (Å²) in [5.41, 5.74) is 1.68. The Balaban J connectivity index is 2.54. The Morgan fingerprint density at radius 1 is 1.50 bits per heavy atom. The van der Waals surface area contributed by atoms with Gasteiger partial charge in [-0.3, -0.25) is 0 Å². The van der Waals surface area contributed by atoms with E-state index in [2.05, 4.69) is 40.5 Å². The van der Waals surface area contributed by atoms with Gasteiger partial charge in [0.1, 0.15) is 0 Å². The summed E-state index contributed by atoms with van der Waals surface area (Å²) < 4.78 is 0.937. The molecule has 16 heavy (non-hydrogen) atoms. The topological polar surface area (TPSA) is 35.8 Å².